The average Bonchev–Trinajstić information content (AvgIpc) is 3.54. The maximum absolute atomic E-state index is 13.7. The molecule has 1 atom stereocenters. The molecule has 11 heteroatoms. The van der Waals surface area contributed by atoms with Crippen LogP contribution in [0.3, 0.4) is 0 Å². The van der Waals surface area contributed by atoms with E-state index >= 15 is 0 Å². The van der Waals surface area contributed by atoms with Crippen molar-refractivity contribution in [2.75, 3.05) is 0 Å². The van der Waals surface area contributed by atoms with Gasteiger partial charge in [-0.25, -0.2) is 4.98 Å². The molecular formula is C26H20BrCl2N7O. The number of aromatic nitrogens is 6. The van der Waals surface area contributed by atoms with Crippen LogP contribution < -0.4 is 5.32 Å². The van der Waals surface area contributed by atoms with E-state index in [4.69, 9.17) is 28.2 Å². The highest BCUT2D eigenvalue weighted by molar-refractivity contribution is 9.10. The number of nitrogens with one attached hydrogen (secondary N) is 2. The van der Waals surface area contributed by atoms with Gasteiger partial charge in [0, 0.05) is 20.7 Å². The molecule has 37 heavy (non-hydrogen) atoms. The molecular weight excluding hydrogens is 577 g/mol. The minimum atomic E-state index is -0.338. The van der Waals surface area contributed by atoms with Crippen LogP contribution in [-0.4, -0.2) is 36.1 Å². The van der Waals surface area contributed by atoms with Crippen LogP contribution in [-0.2, 0) is 6.42 Å². The van der Waals surface area contributed by atoms with E-state index in [-0.39, 0.29) is 24.1 Å². The fourth-order valence-electron chi connectivity index (χ4n) is 4.00. The van der Waals surface area contributed by atoms with Gasteiger partial charge in [0.25, 0.3) is 5.91 Å². The molecule has 0 bridgehead atoms. The number of carbonyl (C=O) groups is 1. The van der Waals surface area contributed by atoms with Gasteiger partial charge in [0.05, 0.1) is 23.2 Å². The summed E-state index contributed by atoms with van der Waals surface area (Å²) in [5.41, 5.74) is 3.20. The van der Waals surface area contributed by atoms with E-state index in [0.29, 0.717) is 33.0 Å². The number of amides is 1. The molecule has 0 aliphatic carbocycles. The van der Waals surface area contributed by atoms with Crippen LogP contribution in [0, 0.1) is 0 Å². The molecule has 8 nitrogen and oxygen atoms in total. The largest absolute Gasteiger partial charge is 0.344 e. The summed E-state index contributed by atoms with van der Waals surface area (Å²) < 4.78 is 2.84. The van der Waals surface area contributed by atoms with Crippen molar-refractivity contribution in [3.8, 4) is 17.1 Å². The highest BCUT2D eigenvalue weighted by atomic mass is 79.9. The number of rotatable bonds is 7. The SMILES string of the molecule is C[C@@H](NC(=O)c1nc(-c2ccccc2Cl)n(-c2ccc(Cl)cc2)c1Cc1nn[nH]n1)c1ccc(Br)cc1. The van der Waals surface area contributed by atoms with Crippen LogP contribution in [0.5, 0.6) is 0 Å². The van der Waals surface area contributed by atoms with Crippen molar-refractivity contribution in [3.63, 3.8) is 0 Å². The summed E-state index contributed by atoms with van der Waals surface area (Å²) in [4.78, 5) is 18.5. The second kappa shape index (κ2) is 10.8. The molecule has 0 fully saturated rings. The fourth-order valence-corrected chi connectivity index (χ4v) is 4.61. The number of carbonyl (C=O) groups excluding carboxylic acids is 1. The van der Waals surface area contributed by atoms with Gasteiger partial charge in [-0.05, 0) is 61.0 Å². The Balaban J connectivity index is 1.66. The van der Waals surface area contributed by atoms with Gasteiger partial charge in [0.1, 0.15) is 5.82 Å². The highest BCUT2D eigenvalue weighted by Crippen LogP contribution is 2.33. The smallest absolute Gasteiger partial charge is 0.272 e. The van der Waals surface area contributed by atoms with E-state index in [9.17, 15) is 4.79 Å². The molecule has 186 valence electrons. The summed E-state index contributed by atoms with van der Waals surface area (Å²) in [5.74, 6) is 0.582. The van der Waals surface area contributed by atoms with Gasteiger partial charge < -0.3 is 5.32 Å². The van der Waals surface area contributed by atoms with E-state index < -0.39 is 0 Å². The van der Waals surface area contributed by atoms with Gasteiger partial charge in [-0.15, -0.1) is 10.2 Å². The summed E-state index contributed by atoms with van der Waals surface area (Å²) in [6.07, 6.45) is 0.200. The summed E-state index contributed by atoms with van der Waals surface area (Å²) in [7, 11) is 0. The third kappa shape index (κ3) is 5.44. The number of H-pyrrole nitrogens is 1. The Morgan fingerprint density at radius 1 is 1.05 bits per heavy atom. The first-order chi connectivity index (χ1) is 17.9. The van der Waals surface area contributed by atoms with Crippen LogP contribution >= 0.6 is 39.1 Å². The number of aromatic amines is 1. The van der Waals surface area contributed by atoms with E-state index in [2.05, 4.69) is 41.9 Å². The lowest BCUT2D eigenvalue weighted by Crippen LogP contribution is -2.28. The molecule has 0 aliphatic heterocycles. The summed E-state index contributed by atoms with van der Waals surface area (Å²) in [6.45, 7) is 1.92. The molecule has 0 spiro atoms. The number of hydrogen-bond donors (Lipinski definition) is 2. The molecule has 2 heterocycles. The van der Waals surface area contributed by atoms with E-state index in [1.807, 2.05) is 66.1 Å². The van der Waals surface area contributed by atoms with E-state index in [1.54, 1.807) is 18.2 Å². The quantitative estimate of drug-likeness (QED) is 0.233. The molecule has 0 unspecified atom stereocenters. The zero-order chi connectivity index (χ0) is 25.9. The second-order valence-corrected chi connectivity index (χ2v) is 10.0. The van der Waals surface area contributed by atoms with Crippen molar-refractivity contribution in [2.24, 2.45) is 0 Å². The Bertz CT molecular complexity index is 1530. The summed E-state index contributed by atoms with van der Waals surface area (Å²) in [5, 5.41) is 18.5. The predicted molar refractivity (Wildman–Crippen MR) is 146 cm³/mol. The number of nitrogens with zero attached hydrogens (tertiary/aromatic N) is 5. The minimum absolute atomic E-state index is 0.200. The molecule has 1 amide bonds. The number of tetrazole rings is 1. The van der Waals surface area contributed by atoms with Crippen LogP contribution in [0.15, 0.2) is 77.3 Å². The van der Waals surface area contributed by atoms with Crippen molar-refractivity contribution in [2.45, 2.75) is 19.4 Å². The molecule has 0 aliphatic rings. The Morgan fingerprint density at radius 2 is 1.78 bits per heavy atom. The molecule has 3 aromatic carbocycles. The Kier molecular flexibility index (Phi) is 7.36. The molecule has 2 N–H and O–H groups in total. The first-order valence-electron chi connectivity index (χ1n) is 11.3. The number of imidazole rings is 1. The average molecular weight is 597 g/mol. The maximum Gasteiger partial charge on any atom is 0.272 e. The first kappa shape index (κ1) is 25.1. The van der Waals surface area contributed by atoms with Crippen molar-refractivity contribution < 1.29 is 4.79 Å². The number of benzene rings is 3. The first-order valence-corrected chi connectivity index (χ1v) is 12.9. The number of halogens is 3. The van der Waals surface area contributed by atoms with E-state index in [1.165, 1.54) is 0 Å². The van der Waals surface area contributed by atoms with Gasteiger partial charge in [0.2, 0.25) is 0 Å². The Morgan fingerprint density at radius 3 is 2.46 bits per heavy atom. The van der Waals surface area contributed by atoms with Crippen LogP contribution in [0.4, 0.5) is 0 Å². The number of hydrogen-bond acceptors (Lipinski definition) is 5. The molecule has 0 radical (unpaired) electrons. The molecule has 0 saturated heterocycles. The van der Waals surface area contributed by atoms with E-state index in [0.717, 1.165) is 15.7 Å². The van der Waals surface area contributed by atoms with Crippen LogP contribution in [0.25, 0.3) is 17.1 Å². The molecule has 5 rings (SSSR count). The maximum atomic E-state index is 13.7. The monoisotopic (exact) mass is 595 g/mol. The lowest BCUT2D eigenvalue weighted by atomic mass is 10.1. The van der Waals surface area contributed by atoms with Gasteiger partial charge >= 0.3 is 0 Å². The third-order valence-electron chi connectivity index (χ3n) is 5.82. The minimum Gasteiger partial charge on any atom is -0.344 e. The van der Waals surface area contributed by atoms with Crippen LogP contribution in [0.1, 0.15) is 40.5 Å². The topological polar surface area (TPSA) is 101 Å². The van der Waals surface area contributed by atoms with Gasteiger partial charge in [-0.3, -0.25) is 9.36 Å². The molecule has 2 aromatic heterocycles. The van der Waals surface area contributed by atoms with Crippen molar-refractivity contribution in [3.05, 3.63) is 110 Å². The lowest BCUT2D eigenvalue weighted by molar-refractivity contribution is 0.0934. The Labute approximate surface area is 231 Å². The predicted octanol–water partition coefficient (Wildman–Crippen LogP) is 6.20. The van der Waals surface area contributed by atoms with Crippen molar-refractivity contribution in [1.82, 2.24) is 35.5 Å². The van der Waals surface area contributed by atoms with Gasteiger partial charge in [0.15, 0.2) is 11.5 Å². The zero-order valence-electron chi connectivity index (χ0n) is 19.5. The van der Waals surface area contributed by atoms with Gasteiger partial charge in [-0.2, -0.15) is 5.21 Å². The van der Waals surface area contributed by atoms with Gasteiger partial charge in [-0.1, -0.05) is 68.6 Å². The Hall–Kier alpha value is -3.53. The summed E-state index contributed by atoms with van der Waals surface area (Å²) in [6, 6.07) is 22.2. The summed E-state index contributed by atoms with van der Waals surface area (Å²) >= 11 is 16.2. The van der Waals surface area contributed by atoms with Crippen molar-refractivity contribution in [1.29, 1.82) is 0 Å². The zero-order valence-corrected chi connectivity index (χ0v) is 22.6. The highest BCUT2D eigenvalue weighted by Gasteiger charge is 2.27. The van der Waals surface area contributed by atoms with Crippen LogP contribution in [0.2, 0.25) is 10.0 Å². The fraction of sp³-hybridized carbons (Fsp3) is 0.115. The normalized spacial score (nSPS) is 11.9. The van der Waals surface area contributed by atoms with Crippen molar-refractivity contribution >= 4 is 45.0 Å². The molecule has 0 saturated carbocycles. The standard InChI is InChI=1S/C26H20BrCl2N7O/c1-15(16-6-8-17(27)9-7-16)30-26(37)24-22(14-23-32-34-35-33-23)36(19-12-10-18(28)11-13-19)25(31-24)20-4-2-3-5-21(20)29/h2-13,15H,14H2,1H3,(H,30,37)(H,32,33,34,35)/t15-/m1/s1. The lowest BCUT2D eigenvalue weighted by Gasteiger charge is -2.15. The second-order valence-electron chi connectivity index (χ2n) is 8.27. The third-order valence-corrected chi connectivity index (χ3v) is 6.93. The molecule has 5 aromatic rings.